The molecule has 0 fully saturated rings. The van der Waals surface area contributed by atoms with E-state index in [0.29, 0.717) is 11.7 Å². The Kier molecular flexibility index (Phi) is 4.62. The van der Waals surface area contributed by atoms with Crippen molar-refractivity contribution in [3.8, 4) is 17.3 Å². The van der Waals surface area contributed by atoms with Crippen molar-refractivity contribution in [1.29, 1.82) is 0 Å². The average molecular weight is 289 g/mol. The van der Waals surface area contributed by atoms with Gasteiger partial charge in [0.05, 0.1) is 6.61 Å². The molecule has 0 saturated carbocycles. The van der Waals surface area contributed by atoms with Crippen LogP contribution in [0.25, 0.3) is 11.5 Å². The number of carbonyl (C=O) groups excluding carboxylic acids is 1. The third-order valence-corrected chi connectivity index (χ3v) is 2.89. The molecule has 1 aromatic heterocycles. The Balaban J connectivity index is 2.32. The molecule has 0 aliphatic rings. The van der Waals surface area contributed by atoms with Gasteiger partial charge in [-0.25, -0.2) is 4.79 Å². The highest BCUT2D eigenvalue weighted by molar-refractivity contribution is 5.64. The Morgan fingerprint density at radius 1 is 1.29 bits per heavy atom. The van der Waals surface area contributed by atoms with Gasteiger partial charge in [-0.3, -0.25) is 0 Å². The molecule has 5 nitrogen and oxygen atoms in total. The van der Waals surface area contributed by atoms with Gasteiger partial charge in [-0.2, -0.15) is 4.98 Å². The fraction of sp³-hybridized carbons (Fsp3) is 0.375. The van der Waals surface area contributed by atoms with E-state index in [1.165, 1.54) is 0 Å². The van der Waals surface area contributed by atoms with Crippen molar-refractivity contribution < 1.29 is 18.7 Å². The lowest BCUT2D eigenvalue weighted by Gasteiger charge is -2.04. The first-order valence-corrected chi connectivity index (χ1v) is 6.93. The van der Waals surface area contributed by atoms with Crippen LogP contribution in [0.1, 0.15) is 38.0 Å². The SMILES string of the molecule is CCOC(=O)Oc1nc(-c2ccc(C)cc2)oc1C(C)C. The average Bonchev–Trinajstić information content (AvgIpc) is 2.83. The highest BCUT2D eigenvalue weighted by Gasteiger charge is 2.21. The third-order valence-electron chi connectivity index (χ3n) is 2.89. The number of hydrogen-bond acceptors (Lipinski definition) is 5. The predicted octanol–water partition coefficient (Wildman–Crippen LogP) is 4.31. The van der Waals surface area contributed by atoms with Crippen LogP contribution in [0.5, 0.6) is 5.88 Å². The van der Waals surface area contributed by atoms with Crippen LogP contribution in [0.15, 0.2) is 28.7 Å². The quantitative estimate of drug-likeness (QED) is 0.785. The minimum absolute atomic E-state index is 0.0427. The Morgan fingerprint density at radius 3 is 2.52 bits per heavy atom. The Bertz CT molecular complexity index is 614. The summed E-state index contributed by atoms with van der Waals surface area (Å²) < 4.78 is 15.6. The molecule has 1 aromatic carbocycles. The summed E-state index contributed by atoms with van der Waals surface area (Å²) in [6.07, 6.45) is -0.775. The number of aryl methyl sites for hydroxylation is 1. The van der Waals surface area contributed by atoms with Gasteiger partial charge in [0.1, 0.15) is 0 Å². The minimum Gasteiger partial charge on any atom is -0.437 e. The second-order valence-corrected chi connectivity index (χ2v) is 4.99. The summed E-state index contributed by atoms with van der Waals surface area (Å²) >= 11 is 0. The third kappa shape index (κ3) is 3.62. The maximum absolute atomic E-state index is 11.5. The van der Waals surface area contributed by atoms with E-state index in [1.807, 2.05) is 45.0 Å². The van der Waals surface area contributed by atoms with Gasteiger partial charge in [0, 0.05) is 11.5 Å². The lowest BCUT2D eigenvalue weighted by molar-refractivity contribution is 0.102. The van der Waals surface area contributed by atoms with Gasteiger partial charge >= 0.3 is 6.16 Å². The molecule has 0 bridgehead atoms. The topological polar surface area (TPSA) is 61.6 Å². The first kappa shape index (κ1) is 15.1. The molecule has 0 amide bonds. The van der Waals surface area contributed by atoms with Crippen LogP contribution in [-0.2, 0) is 4.74 Å². The maximum atomic E-state index is 11.5. The molecule has 0 N–H and O–H groups in total. The predicted molar refractivity (Wildman–Crippen MR) is 78.4 cm³/mol. The molecule has 0 unspecified atom stereocenters. The molecule has 0 radical (unpaired) electrons. The molecular formula is C16H19NO4. The second kappa shape index (κ2) is 6.43. The summed E-state index contributed by atoms with van der Waals surface area (Å²) in [5, 5.41) is 0. The van der Waals surface area contributed by atoms with Crippen LogP contribution >= 0.6 is 0 Å². The van der Waals surface area contributed by atoms with Crippen LogP contribution in [-0.4, -0.2) is 17.7 Å². The number of benzene rings is 1. The van der Waals surface area contributed by atoms with Crippen molar-refractivity contribution in [3.05, 3.63) is 35.6 Å². The van der Waals surface area contributed by atoms with Crippen molar-refractivity contribution in [2.75, 3.05) is 6.61 Å². The summed E-state index contributed by atoms with van der Waals surface area (Å²) in [6, 6.07) is 7.78. The summed E-state index contributed by atoms with van der Waals surface area (Å²) in [5.41, 5.74) is 1.98. The molecule has 112 valence electrons. The van der Waals surface area contributed by atoms with Crippen molar-refractivity contribution in [2.24, 2.45) is 0 Å². The lowest BCUT2D eigenvalue weighted by Crippen LogP contribution is -2.11. The molecule has 1 heterocycles. The van der Waals surface area contributed by atoms with E-state index in [4.69, 9.17) is 13.9 Å². The number of carbonyl (C=O) groups is 1. The zero-order chi connectivity index (χ0) is 15.4. The zero-order valence-electron chi connectivity index (χ0n) is 12.7. The van der Waals surface area contributed by atoms with Gasteiger partial charge in [0.15, 0.2) is 5.76 Å². The van der Waals surface area contributed by atoms with Gasteiger partial charge in [-0.15, -0.1) is 0 Å². The second-order valence-electron chi connectivity index (χ2n) is 4.99. The molecule has 0 spiro atoms. The van der Waals surface area contributed by atoms with Gasteiger partial charge in [-0.1, -0.05) is 31.5 Å². The van der Waals surface area contributed by atoms with E-state index in [1.54, 1.807) is 6.92 Å². The maximum Gasteiger partial charge on any atom is 0.515 e. The first-order valence-electron chi connectivity index (χ1n) is 6.93. The molecule has 21 heavy (non-hydrogen) atoms. The van der Waals surface area contributed by atoms with Crippen LogP contribution < -0.4 is 4.74 Å². The molecule has 5 heteroatoms. The van der Waals surface area contributed by atoms with E-state index >= 15 is 0 Å². The Morgan fingerprint density at radius 2 is 1.95 bits per heavy atom. The standard InChI is InChI=1S/C16H19NO4/c1-5-19-16(18)21-15-13(10(2)3)20-14(17-15)12-8-6-11(4)7-9-12/h6-10H,5H2,1-4H3. The normalized spacial score (nSPS) is 10.7. The number of rotatable bonds is 4. The van der Waals surface area contributed by atoms with E-state index in [0.717, 1.165) is 11.1 Å². The fourth-order valence-electron chi connectivity index (χ4n) is 1.80. The molecule has 0 saturated heterocycles. The van der Waals surface area contributed by atoms with Crippen molar-refractivity contribution >= 4 is 6.16 Å². The fourth-order valence-corrected chi connectivity index (χ4v) is 1.80. The Hall–Kier alpha value is -2.30. The van der Waals surface area contributed by atoms with E-state index < -0.39 is 6.16 Å². The first-order chi connectivity index (χ1) is 10.0. The van der Waals surface area contributed by atoms with Gasteiger partial charge in [-0.05, 0) is 26.0 Å². The smallest absolute Gasteiger partial charge is 0.437 e. The number of aromatic nitrogens is 1. The van der Waals surface area contributed by atoms with E-state index in [-0.39, 0.29) is 18.4 Å². The number of nitrogens with zero attached hydrogens (tertiary/aromatic N) is 1. The summed E-state index contributed by atoms with van der Waals surface area (Å²) in [4.78, 5) is 15.7. The van der Waals surface area contributed by atoms with Gasteiger partial charge < -0.3 is 13.9 Å². The van der Waals surface area contributed by atoms with Crippen molar-refractivity contribution in [3.63, 3.8) is 0 Å². The van der Waals surface area contributed by atoms with Crippen LogP contribution in [0.3, 0.4) is 0 Å². The molecule has 2 aromatic rings. The monoisotopic (exact) mass is 289 g/mol. The molecular weight excluding hydrogens is 270 g/mol. The number of hydrogen-bond donors (Lipinski definition) is 0. The molecule has 0 atom stereocenters. The van der Waals surface area contributed by atoms with Gasteiger partial charge in [0.25, 0.3) is 5.88 Å². The highest BCUT2D eigenvalue weighted by Crippen LogP contribution is 2.32. The Labute approximate surface area is 123 Å². The summed E-state index contributed by atoms with van der Waals surface area (Å²) in [6.45, 7) is 7.85. The van der Waals surface area contributed by atoms with Crippen LogP contribution in [0.4, 0.5) is 4.79 Å². The molecule has 2 rings (SSSR count). The van der Waals surface area contributed by atoms with E-state index in [9.17, 15) is 4.79 Å². The summed E-state index contributed by atoms with van der Waals surface area (Å²) in [7, 11) is 0. The van der Waals surface area contributed by atoms with Gasteiger partial charge in [0.2, 0.25) is 5.89 Å². The number of oxazole rings is 1. The van der Waals surface area contributed by atoms with Crippen molar-refractivity contribution in [1.82, 2.24) is 4.98 Å². The zero-order valence-corrected chi connectivity index (χ0v) is 12.7. The molecule has 0 aliphatic carbocycles. The van der Waals surface area contributed by atoms with Crippen LogP contribution in [0.2, 0.25) is 0 Å². The molecule has 0 aliphatic heterocycles. The summed E-state index contributed by atoms with van der Waals surface area (Å²) in [5.74, 6) is 1.16. The minimum atomic E-state index is -0.775. The largest absolute Gasteiger partial charge is 0.515 e. The van der Waals surface area contributed by atoms with E-state index in [2.05, 4.69) is 4.98 Å². The lowest BCUT2D eigenvalue weighted by atomic mass is 10.1. The number of ether oxygens (including phenoxy) is 2. The highest BCUT2D eigenvalue weighted by atomic mass is 16.7. The van der Waals surface area contributed by atoms with Crippen molar-refractivity contribution in [2.45, 2.75) is 33.6 Å². The van der Waals surface area contributed by atoms with Crippen LogP contribution in [0, 0.1) is 6.92 Å².